The molecule has 15 heavy (non-hydrogen) atoms. The molecular weight excluding hydrogens is 281 g/mol. The van der Waals surface area contributed by atoms with E-state index in [1.165, 1.54) is 0 Å². The minimum absolute atomic E-state index is 0.0603. The van der Waals surface area contributed by atoms with Crippen LogP contribution in [0.1, 0.15) is 12.8 Å². The molecule has 1 fully saturated rings. The Morgan fingerprint density at radius 1 is 1.67 bits per heavy atom. The molecule has 0 saturated carbocycles. The number of rotatable bonds is 2. The van der Waals surface area contributed by atoms with Crippen molar-refractivity contribution < 1.29 is 4.74 Å². The van der Waals surface area contributed by atoms with Gasteiger partial charge in [-0.25, -0.2) is 0 Å². The molecular formula is C10H11BrClNO2. The SMILES string of the molecule is O=c1c(Br)cc(Cl)cn1CC1CCCO1. The van der Waals surface area contributed by atoms with E-state index in [1.54, 1.807) is 16.8 Å². The maximum absolute atomic E-state index is 11.7. The van der Waals surface area contributed by atoms with Gasteiger partial charge in [0.05, 0.1) is 22.1 Å². The predicted molar refractivity (Wildman–Crippen MR) is 62.4 cm³/mol. The highest BCUT2D eigenvalue weighted by Crippen LogP contribution is 2.16. The van der Waals surface area contributed by atoms with E-state index >= 15 is 0 Å². The lowest BCUT2D eigenvalue weighted by Gasteiger charge is -2.12. The number of hydrogen-bond acceptors (Lipinski definition) is 2. The molecule has 0 amide bonds. The molecule has 1 aliphatic rings. The summed E-state index contributed by atoms with van der Waals surface area (Å²) in [5, 5.41) is 0.555. The number of nitrogens with zero attached hydrogens (tertiary/aromatic N) is 1. The smallest absolute Gasteiger partial charge is 0.265 e. The standard InChI is InChI=1S/C10H11BrClNO2/c11-9-4-7(12)5-13(10(9)14)6-8-2-1-3-15-8/h4-5,8H,1-3,6H2. The fourth-order valence-corrected chi connectivity index (χ4v) is 2.54. The number of aromatic nitrogens is 1. The zero-order valence-electron chi connectivity index (χ0n) is 8.08. The van der Waals surface area contributed by atoms with E-state index in [-0.39, 0.29) is 11.7 Å². The van der Waals surface area contributed by atoms with Crippen molar-refractivity contribution >= 4 is 27.5 Å². The van der Waals surface area contributed by atoms with E-state index in [2.05, 4.69) is 15.9 Å². The fourth-order valence-electron chi connectivity index (χ4n) is 1.71. The second kappa shape index (κ2) is 4.68. The van der Waals surface area contributed by atoms with Crippen molar-refractivity contribution in [3.8, 4) is 0 Å². The first-order valence-electron chi connectivity index (χ1n) is 4.84. The van der Waals surface area contributed by atoms with Crippen LogP contribution in [-0.2, 0) is 11.3 Å². The highest BCUT2D eigenvalue weighted by Gasteiger charge is 2.17. The van der Waals surface area contributed by atoms with E-state index < -0.39 is 0 Å². The van der Waals surface area contributed by atoms with Gasteiger partial charge in [0, 0.05) is 12.8 Å². The summed E-state index contributed by atoms with van der Waals surface area (Å²) < 4.78 is 7.57. The number of hydrogen-bond donors (Lipinski definition) is 0. The van der Waals surface area contributed by atoms with Crippen molar-refractivity contribution in [1.29, 1.82) is 0 Å². The van der Waals surface area contributed by atoms with Crippen molar-refractivity contribution in [1.82, 2.24) is 4.57 Å². The molecule has 0 radical (unpaired) electrons. The van der Waals surface area contributed by atoms with Crippen LogP contribution in [0, 0.1) is 0 Å². The molecule has 1 saturated heterocycles. The van der Waals surface area contributed by atoms with Crippen molar-refractivity contribution in [2.45, 2.75) is 25.5 Å². The van der Waals surface area contributed by atoms with Gasteiger partial charge in [-0.2, -0.15) is 0 Å². The van der Waals surface area contributed by atoms with E-state index in [4.69, 9.17) is 16.3 Å². The van der Waals surface area contributed by atoms with Crippen LogP contribution in [-0.4, -0.2) is 17.3 Å². The van der Waals surface area contributed by atoms with Crippen LogP contribution in [0.5, 0.6) is 0 Å². The van der Waals surface area contributed by atoms with Gasteiger partial charge in [-0.05, 0) is 34.8 Å². The van der Waals surface area contributed by atoms with Crippen molar-refractivity contribution in [2.24, 2.45) is 0 Å². The fraction of sp³-hybridized carbons (Fsp3) is 0.500. The van der Waals surface area contributed by atoms with Crippen LogP contribution in [0.15, 0.2) is 21.5 Å². The Hall–Kier alpha value is -0.320. The molecule has 1 aromatic heterocycles. The predicted octanol–water partition coefficient (Wildman–Crippen LogP) is 2.44. The van der Waals surface area contributed by atoms with Gasteiger partial charge >= 0.3 is 0 Å². The third-order valence-corrected chi connectivity index (χ3v) is 3.21. The monoisotopic (exact) mass is 291 g/mol. The Bertz CT molecular complexity index is 412. The van der Waals surface area contributed by atoms with Gasteiger partial charge in [-0.1, -0.05) is 11.6 Å². The summed E-state index contributed by atoms with van der Waals surface area (Å²) >= 11 is 9.06. The lowest BCUT2D eigenvalue weighted by molar-refractivity contribution is 0.0961. The first kappa shape index (κ1) is 11.2. The van der Waals surface area contributed by atoms with Crippen LogP contribution in [0.3, 0.4) is 0 Å². The second-order valence-corrected chi connectivity index (χ2v) is 4.89. The van der Waals surface area contributed by atoms with E-state index in [9.17, 15) is 4.79 Å². The van der Waals surface area contributed by atoms with Crippen molar-refractivity contribution in [3.05, 3.63) is 32.1 Å². The van der Waals surface area contributed by atoms with Gasteiger partial charge in [0.15, 0.2) is 0 Å². The number of ether oxygens (including phenoxy) is 1. The lowest BCUT2D eigenvalue weighted by atomic mass is 10.2. The highest BCUT2D eigenvalue weighted by molar-refractivity contribution is 9.10. The molecule has 5 heteroatoms. The molecule has 0 spiro atoms. The normalized spacial score (nSPS) is 20.8. The Morgan fingerprint density at radius 3 is 3.13 bits per heavy atom. The molecule has 0 bridgehead atoms. The Balaban J connectivity index is 2.23. The average Bonchev–Trinajstić information content (AvgIpc) is 2.66. The molecule has 1 aromatic rings. The third-order valence-electron chi connectivity index (χ3n) is 2.43. The van der Waals surface area contributed by atoms with Crippen LogP contribution < -0.4 is 5.56 Å². The molecule has 82 valence electrons. The summed E-state index contributed by atoms with van der Waals surface area (Å²) in [4.78, 5) is 11.7. The topological polar surface area (TPSA) is 31.2 Å². The summed E-state index contributed by atoms with van der Waals surface area (Å²) in [6, 6.07) is 1.61. The van der Waals surface area contributed by atoms with Gasteiger partial charge in [-0.3, -0.25) is 4.79 Å². The lowest BCUT2D eigenvalue weighted by Crippen LogP contribution is -2.26. The molecule has 0 aromatic carbocycles. The Kier molecular flexibility index (Phi) is 3.49. The maximum Gasteiger partial charge on any atom is 0.265 e. The molecule has 0 N–H and O–H groups in total. The summed E-state index contributed by atoms with van der Waals surface area (Å²) in [5.74, 6) is 0. The zero-order chi connectivity index (χ0) is 10.8. The first-order chi connectivity index (χ1) is 7.16. The quantitative estimate of drug-likeness (QED) is 0.838. The minimum atomic E-state index is -0.0603. The molecule has 3 nitrogen and oxygen atoms in total. The third kappa shape index (κ3) is 2.62. The Labute approximate surface area is 101 Å². The average molecular weight is 293 g/mol. The molecule has 2 rings (SSSR count). The van der Waals surface area contributed by atoms with Gasteiger partial charge in [0.1, 0.15) is 0 Å². The van der Waals surface area contributed by atoms with Crippen molar-refractivity contribution in [3.63, 3.8) is 0 Å². The zero-order valence-corrected chi connectivity index (χ0v) is 10.4. The summed E-state index contributed by atoms with van der Waals surface area (Å²) in [5.41, 5.74) is -0.0603. The van der Waals surface area contributed by atoms with Gasteiger partial charge < -0.3 is 9.30 Å². The van der Waals surface area contributed by atoms with Gasteiger partial charge in [0.25, 0.3) is 5.56 Å². The maximum atomic E-state index is 11.7. The van der Waals surface area contributed by atoms with Crippen LogP contribution in [0.25, 0.3) is 0 Å². The van der Waals surface area contributed by atoms with E-state index in [1.807, 2.05) is 0 Å². The van der Waals surface area contributed by atoms with E-state index in [0.717, 1.165) is 19.4 Å². The second-order valence-electron chi connectivity index (χ2n) is 3.60. The van der Waals surface area contributed by atoms with Gasteiger partial charge in [0.2, 0.25) is 0 Å². The molecule has 2 heterocycles. The van der Waals surface area contributed by atoms with Crippen LogP contribution >= 0.6 is 27.5 Å². The highest BCUT2D eigenvalue weighted by atomic mass is 79.9. The van der Waals surface area contributed by atoms with Crippen molar-refractivity contribution in [2.75, 3.05) is 6.61 Å². The summed E-state index contributed by atoms with van der Waals surface area (Å²) in [7, 11) is 0. The molecule has 0 aliphatic carbocycles. The van der Waals surface area contributed by atoms with Gasteiger partial charge in [-0.15, -0.1) is 0 Å². The largest absolute Gasteiger partial charge is 0.376 e. The first-order valence-corrected chi connectivity index (χ1v) is 6.01. The minimum Gasteiger partial charge on any atom is -0.376 e. The molecule has 1 atom stereocenters. The molecule has 1 aliphatic heterocycles. The number of pyridine rings is 1. The molecule has 1 unspecified atom stereocenters. The Morgan fingerprint density at radius 2 is 2.47 bits per heavy atom. The summed E-state index contributed by atoms with van der Waals surface area (Å²) in [6.07, 6.45) is 3.88. The summed E-state index contributed by atoms with van der Waals surface area (Å²) in [6.45, 7) is 1.37. The van der Waals surface area contributed by atoms with Crippen LogP contribution in [0.4, 0.5) is 0 Å². The number of halogens is 2. The van der Waals surface area contributed by atoms with E-state index in [0.29, 0.717) is 16.0 Å². The van der Waals surface area contributed by atoms with Crippen LogP contribution in [0.2, 0.25) is 5.02 Å².